The Morgan fingerprint density at radius 3 is 2.60 bits per heavy atom. The van der Waals surface area contributed by atoms with Crippen LogP contribution in [0.15, 0.2) is 0 Å². The second kappa shape index (κ2) is 5.90. The molecule has 112 valence electrons. The topological polar surface area (TPSA) is 90.0 Å². The molecule has 8 heteroatoms. The van der Waals surface area contributed by atoms with E-state index in [2.05, 4.69) is 5.32 Å². The molecule has 0 radical (unpaired) electrons. The number of carboxylic acid groups (broad SMARTS) is 1. The maximum absolute atomic E-state index is 12.3. The maximum atomic E-state index is 12.3. The van der Waals surface area contributed by atoms with Crippen LogP contribution in [-0.2, 0) is 9.59 Å². The Bertz CT molecular complexity index is 427. The summed E-state index contributed by atoms with van der Waals surface area (Å²) >= 11 is 1.42. The zero-order valence-corrected chi connectivity index (χ0v) is 12.4. The maximum Gasteiger partial charge on any atom is 0.327 e. The fraction of sp³-hybridized carbons (Fsp3) is 0.750. The number of nitrogens with one attached hydrogen (secondary N) is 1. The molecule has 1 aliphatic heterocycles. The zero-order chi connectivity index (χ0) is 14.9. The highest BCUT2D eigenvalue weighted by molar-refractivity contribution is 8.00. The summed E-state index contributed by atoms with van der Waals surface area (Å²) in [6.45, 7) is 1.75. The molecule has 0 aromatic carbocycles. The average Bonchev–Trinajstić information content (AvgIpc) is 3.08. The van der Waals surface area contributed by atoms with Crippen LogP contribution < -0.4 is 5.32 Å². The van der Waals surface area contributed by atoms with E-state index in [1.165, 1.54) is 28.6 Å². The summed E-state index contributed by atoms with van der Waals surface area (Å²) < 4.78 is 0. The fourth-order valence-electron chi connectivity index (χ4n) is 2.10. The van der Waals surface area contributed by atoms with Gasteiger partial charge in [0, 0.05) is 18.8 Å². The highest BCUT2D eigenvalue weighted by atomic mass is 32.2. The zero-order valence-electron chi connectivity index (χ0n) is 11.5. The van der Waals surface area contributed by atoms with E-state index in [4.69, 9.17) is 5.11 Å². The van der Waals surface area contributed by atoms with E-state index in [0.29, 0.717) is 5.75 Å². The van der Waals surface area contributed by atoms with Crippen LogP contribution in [0.1, 0.15) is 19.8 Å². The predicted molar refractivity (Wildman–Crippen MR) is 74.4 cm³/mol. The quantitative estimate of drug-likeness (QED) is 0.772. The number of likely N-dealkylation sites (N-methyl/N-ethyl adjacent to an activating group) is 1. The van der Waals surface area contributed by atoms with Crippen molar-refractivity contribution in [2.75, 3.05) is 19.3 Å². The molecule has 20 heavy (non-hydrogen) atoms. The molecular formula is C12H19N3O4S. The predicted octanol–water partition coefficient (Wildman–Crippen LogP) is 0.165. The Morgan fingerprint density at radius 1 is 1.40 bits per heavy atom. The fourth-order valence-corrected chi connectivity index (χ4v) is 3.27. The van der Waals surface area contributed by atoms with Gasteiger partial charge in [-0.1, -0.05) is 0 Å². The summed E-state index contributed by atoms with van der Waals surface area (Å²) in [6.07, 6.45) is 1.98. The summed E-state index contributed by atoms with van der Waals surface area (Å²) in [4.78, 5) is 37.7. The summed E-state index contributed by atoms with van der Waals surface area (Å²) in [7, 11) is 1.52. The van der Waals surface area contributed by atoms with E-state index in [9.17, 15) is 14.4 Å². The Morgan fingerprint density at radius 2 is 2.05 bits per heavy atom. The van der Waals surface area contributed by atoms with Gasteiger partial charge in [-0.25, -0.2) is 9.59 Å². The van der Waals surface area contributed by atoms with Gasteiger partial charge in [0.05, 0.1) is 5.37 Å². The molecule has 2 unspecified atom stereocenters. The van der Waals surface area contributed by atoms with Crippen molar-refractivity contribution in [3.63, 3.8) is 0 Å². The molecule has 2 rings (SSSR count). The van der Waals surface area contributed by atoms with Gasteiger partial charge in [-0.2, -0.15) is 0 Å². The molecule has 1 heterocycles. The van der Waals surface area contributed by atoms with Crippen molar-refractivity contribution >= 4 is 29.7 Å². The smallest absolute Gasteiger partial charge is 0.327 e. The molecule has 3 amide bonds. The SMILES string of the molecule is CC1SCC(C(=O)O)N1C(=O)N(C)CC(=O)NC1CC1. The van der Waals surface area contributed by atoms with Crippen LogP contribution in [0.4, 0.5) is 4.79 Å². The first kappa shape index (κ1) is 15.0. The minimum absolute atomic E-state index is 0.0461. The first-order chi connectivity index (χ1) is 9.40. The van der Waals surface area contributed by atoms with Crippen molar-refractivity contribution in [2.24, 2.45) is 0 Å². The lowest BCUT2D eigenvalue weighted by atomic mass is 10.3. The van der Waals surface area contributed by atoms with Crippen LogP contribution in [0, 0.1) is 0 Å². The van der Waals surface area contributed by atoms with Crippen LogP contribution in [-0.4, -0.2) is 69.6 Å². The summed E-state index contributed by atoms with van der Waals surface area (Å²) in [5, 5.41) is 11.7. The molecule has 2 atom stereocenters. The Kier molecular flexibility index (Phi) is 4.42. The molecule has 1 aliphatic carbocycles. The molecular weight excluding hydrogens is 282 g/mol. The van der Waals surface area contributed by atoms with E-state index in [1.807, 2.05) is 0 Å². The number of rotatable bonds is 4. The highest BCUT2D eigenvalue weighted by Crippen LogP contribution is 2.29. The van der Waals surface area contributed by atoms with Crippen LogP contribution in [0.2, 0.25) is 0 Å². The van der Waals surface area contributed by atoms with Crippen molar-refractivity contribution < 1.29 is 19.5 Å². The molecule has 0 aromatic heterocycles. The number of nitrogens with zero attached hydrogens (tertiary/aromatic N) is 2. The molecule has 1 saturated carbocycles. The lowest BCUT2D eigenvalue weighted by molar-refractivity contribution is -0.141. The third kappa shape index (κ3) is 3.36. The largest absolute Gasteiger partial charge is 0.480 e. The van der Waals surface area contributed by atoms with Crippen molar-refractivity contribution in [3.05, 3.63) is 0 Å². The van der Waals surface area contributed by atoms with Gasteiger partial charge in [0.1, 0.15) is 12.6 Å². The van der Waals surface area contributed by atoms with Gasteiger partial charge in [-0.05, 0) is 19.8 Å². The molecule has 1 saturated heterocycles. The third-order valence-corrected chi connectivity index (χ3v) is 4.60. The van der Waals surface area contributed by atoms with Gasteiger partial charge in [0.15, 0.2) is 0 Å². The summed E-state index contributed by atoms with van der Waals surface area (Å²) in [6, 6.07) is -0.990. The van der Waals surface area contributed by atoms with Crippen molar-refractivity contribution in [1.82, 2.24) is 15.1 Å². The van der Waals surface area contributed by atoms with Gasteiger partial charge in [0.2, 0.25) is 5.91 Å². The monoisotopic (exact) mass is 301 g/mol. The lowest BCUT2D eigenvalue weighted by Crippen LogP contribution is -2.51. The number of amides is 3. The van der Waals surface area contributed by atoms with E-state index >= 15 is 0 Å². The molecule has 0 spiro atoms. The van der Waals surface area contributed by atoms with Crippen LogP contribution in [0.25, 0.3) is 0 Å². The molecule has 2 fully saturated rings. The lowest BCUT2D eigenvalue weighted by Gasteiger charge is -2.29. The van der Waals surface area contributed by atoms with Gasteiger partial charge < -0.3 is 15.3 Å². The van der Waals surface area contributed by atoms with Gasteiger partial charge in [-0.15, -0.1) is 11.8 Å². The number of carbonyl (C=O) groups is 3. The van der Waals surface area contributed by atoms with Crippen LogP contribution in [0.5, 0.6) is 0 Å². The number of urea groups is 1. The molecule has 7 nitrogen and oxygen atoms in total. The summed E-state index contributed by atoms with van der Waals surface area (Å²) in [5.74, 6) is -0.828. The van der Waals surface area contributed by atoms with Crippen LogP contribution >= 0.6 is 11.8 Å². The minimum atomic E-state index is -1.01. The van der Waals surface area contributed by atoms with Gasteiger partial charge in [-0.3, -0.25) is 9.69 Å². The highest BCUT2D eigenvalue weighted by Gasteiger charge is 2.41. The van der Waals surface area contributed by atoms with Crippen molar-refractivity contribution in [3.8, 4) is 0 Å². The third-order valence-electron chi connectivity index (χ3n) is 3.38. The van der Waals surface area contributed by atoms with E-state index in [-0.39, 0.29) is 23.9 Å². The number of aliphatic carboxylic acids is 1. The molecule has 2 N–H and O–H groups in total. The molecule has 0 bridgehead atoms. The Balaban J connectivity index is 1.93. The number of hydrogen-bond donors (Lipinski definition) is 2. The molecule has 0 aromatic rings. The first-order valence-electron chi connectivity index (χ1n) is 6.57. The van der Waals surface area contributed by atoms with E-state index < -0.39 is 18.0 Å². The normalized spacial score (nSPS) is 25.4. The second-order valence-corrected chi connectivity index (χ2v) is 6.52. The van der Waals surface area contributed by atoms with Gasteiger partial charge in [0.25, 0.3) is 0 Å². The van der Waals surface area contributed by atoms with Crippen molar-refractivity contribution in [1.29, 1.82) is 0 Å². The minimum Gasteiger partial charge on any atom is -0.480 e. The standard InChI is InChI=1S/C12H19N3O4S/c1-7-15(9(6-20-7)11(17)18)12(19)14(2)5-10(16)13-8-3-4-8/h7-9H,3-6H2,1-2H3,(H,13,16)(H,17,18). The Hall–Kier alpha value is -1.44. The number of thioether (sulfide) groups is 1. The first-order valence-corrected chi connectivity index (χ1v) is 7.62. The molecule has 2 aliphatic rings. The van der Waals surface area contributed by atoms with E-state index in [1.54, 1.807) is 6.92 Å². The van der Waals surface area contributed by atoms with Gasteiger partial charge >= 0.3 is 12.0 Å². The number of carbonyl (C=O) groups excluding carboxylic acids is 2. The Labute approximate surface area is 121 Å². The summed E-state index contributed by atoms with van der Waals surface area (Å²) in [5.41, 5.74) is 0. The average molecular weight is 301 g/mol. The van der Waals surface area contributed by atoms with Crippen LogP contribution in [0.3, 0.4) is 0 Å². The number of carboxylic acids is 1. The van der Waals surface area contributed by atoms with E-state index in [0.717, 1.165) is 12.8 Å². The van der Waals surface area contributed by atoms with Crippen molar-refractivity contribution in [2.45, 2.75) is 37.2 Å². The number of hydrogen-bond acceptors (Lipinski definition) is 4. The second-order valence-electron chi connectivity index (χ2n) is 5.17.